The smallest absolute Gasteiger partial charge is 0.390 e. The highest BCUT2D eigenvalue weighted by Crippen LogP contribution is 2.61. The molecule has 0 amide bonds. The number of ether oxygens (including phenoxy) is 2. The normalized spacial score (nSPS) is 37.7. The van der Waals surface area contributed by atoms with Crippen LogP contribution >= 0.6 is 15.6 Å². The minimum Gasteiger partial charge on any atom is -0.390 e. The van der Waals surface area contributed by atoms with Crippen molar-refractivity contribution in [2.45, 2.75) is 62.5 Å². The molecule has 2 fully saturated rings. The zero-order chi connectivity index (χ0) is 25.4. The summed E-state index contributed by atoms with van der Waals surface area (Å²) in [6.07, 6.45) is -10.7. The summed E-state index contributed by atoms with van der Waals surface area (Å²) < 4.78 is 48.7. The van der Waals surface area contributed by atoms with E-state index in [1.807, 2.05) is 0 Å². The molecule has 0 bridgehead atoms. The molecule has 2 unspecified atom stereocenters. The number of nitrogens with two attached hydrogens (primary N) is 1. The Bertz CT molecular complexity index is 1020. The molecule has 3 rings (SSSR count). The fourth-order valence-electron chi connectivity index (χ4n) is 3.23. The number of phosphoric ester groups is 2. The first-order valence-corrected chi connectivity index (χ1v) is 12.8. The van der Waals surface area contributed by atoms with Gasteiger partial charge < -0.3 is 45.4 Å². The van der Waals surface area contributed by atoms with E-state index < -0.39 is 77.1 Å². The van der Waals surface area contributed by atoms with Crippen molar-refractivity contribution in [3.63, 3.8) is 0 Å². The Morgan fingerprint density at radius 2 is 1.82 bits per heavy atom. The van der Waals surface area contributed by atoms with E-state index in [0.717, 1.165) is 10.8 Å². The predicted octanol–water partition coefficient (Wildman–Crippen LogP) is -2.45. The third-order valence-corrected chi connectivity index (χ3v) is 7.60. The second kappa shape index (κ2) is 10.4. The van der Waals surface area contributed by atoms with Gasteiger partial charge in [-0.2, -0.15) is 9.29 Å². The molecule has 19 heteroatoms. The number of anilines is 1. The summed E-state index contributed by atoms with van der Waals surface area (Å²) in [5.41, 5.74) is 4.48. The van der Waals surface area contributed by atoms with Crippen LogP contribution in [0.25, 0.3) is 0 Å². The molecule has 0 radical (unpaired) electrons. The van der Waals surface area contributed by atoms with Crippen molar-refractivity contribution in [2.75, 3.05) is 12.3 Å². The number of hydrogen-bond acceptors (Lipinski definition) is 14. The van der Waals surface area contributed by atoms with Crippen LogP contribution in [-0.4, -0.2) is 89.3 Å². The molecule has 10 atom stereocenters. The van der Waals surface area contributed by atoms with Gasteiger partial charge in [-0.1, -0.05) is 0 Å². The fraction of sp³-hybridized carbons (Fsp3) is 0.733. The van der Waals surface area contributed by atoms with Crippen LogP contribution in [0.2, 0.25) is 0 Å². The van der Waals surface area contributed by atoms with Gasteiger partial charge in [0, 0.05) is 12.6 Å². The number of aromatic nitrogens is 2. The Labute approximate surface area is 191 Å². The summed E-state index contributed by atoms with van der Waals surface area (Å²) in [6, 6.07) is 1.23. The molecule has 194 valence electrons. The monoisotopic (exact) mass is 533 g/mol. The highest BCUT2D eigenvalue weighted by molar-refractivity contribution is 7.61. The summed E-state index contributed by atoms with van der Waals surface area (Å²) in [4.78, 5) is 34.9. The van der Waals surface area contributed by atoms with Gasteiger partial charge in [0.2, 0.25) is 0 Å². The minimum absolute atomic E-state index is 0.0973. The summed E-state index contributed by atoms with van der Waals surface area (Å²) >= 11 is 0. The van der Waals surface area contributed by atoms with Crippen molar-refractivity contribution in [3.05, 3.63) is 22.7 Å². The number of aliphatic hydroxyl groups is 4. The standard InChI is InChI=1S/C15H25N3O14P2/c1-6-7(19)4-8(20)14(29-6)31-34(26,27)32-33(24,25)28-5-9-11(21)12(22)13(30-9)18-3-2-10(16)17-15(18)23/h2-3,6-9,11-14,19-22H,4-5H2,1H3,(H,24,25)(H,26,27)(H2,16,17,23)/t6-,7-,8+,9-,11-,12-,13-,14-/m1/s1. The van der Waals surface area contributed by atoms with Gasteiger partial charge in [0.25, 0.3) is 0 Å². The highest BCUT2D eigenvalue weighted by Gasteiger charge is 2.47. The SMILES string of the molecule is C[C@H]1O[C@H](OP(=O)(O)OP(=O)(O)OC[C@H]2O[C@@H](n3ccc(N)nc3=O)[C@H](O)[C@@H]2O)[C@@H](O)C[C@H]1O. The fourth-order valence-corrected chi connectivity index (χ4v) is 5.40. The van der Waals surface area contributed by atoms with Crippen molar-refractivity contribution >= 4 is 21.5 Å². The molecule has 2 aliphatic rings. The Balaban J connectivity index is 1.59. The maximum Gasteiger partial charge on any atom is 0.483 e. The number of phosphoric acid groups is 2. The molecule has 0 saturated carbocycles. The third kappa shape index (κ3) is 6.47. The lowest BCUT2D eigenvalue weighted by molar-refractivity contribution is -0.233. The van der Waals surface area contributed by atoms with Gasteiger partial charge in [-0.3, -0.25) is 13.6 Å². The lowest BCUT2D eigenvalue weighted by Gasteiger charge is -2.35. The predicted molar refractivity (Wildman–Crippen MR) is 108 cm³/mol. The molecule has 17 nitrogen and oxygen atoms in total. The van der Waals surface area contributed by atoms with E-state index in [0.29, 0.717) is 0 Å². The van der Waals surface area contributed by atoms with Gasteiger partial charge in [-0.15, -0.1) is 0 Å². The summed E-state index contributed by atoms with van der Waals surface area (Å²) in [5, 5.41) is 39.7. The molecule has 3 heterocycles. The highest BCUT2D eigenvalue weighted by atomic mass is 31.3. The van der Waals surface area contributed by atoms with Gasteiger partial charge in [0.1, 0.15) is 30.2 Å². The second-order valence-corrected chi connectivity index (χ2v) is 10.6. The van der Waals surface area contributed by atoms with Gasteiger partial charge >= 0.3 is 21.3 Å². The summed E-state index contributed by atoms with van der Waals surface area (Å²) in [6.45, 7) is 0.477. The Kier molecular flexibility index (Phi) is 8.32. The molecule has 34 heavy (non-hydrogen) atoms. The second-order valence-electron chi connectivity index (χ2n) is 7.59. The van der Waals surface area contributed by atoms with E-state index in [1.165, 1.54) is 13.0 Å². The molecular weight excluding hydrogens is 508 g/mol. The first-order chi connectivity index (χ1) is 15.7. The van der Waals surface area contributed by atoms with Gasteiger partial charge in [0.05, 0.1) is 18.8 Å². The zero-order valence-electron chi connectivity index (χ0n) is 17.5. The van der Waals surface area contributed by atoms with Gasteiger partial charge in [-0.25, -0.2) is 13.9 Å². The van der Waals surface area contributed by atoms with Crippen LogP contribution in [0.15, 0.2) is 17.1 Å². The lowest BCUT2D eigenvalue weighted by Crippen LogP contribution is -2.46. The maximum absolute atomic E-state index is 12.1. The number of nitrogens with zero attached hydrogens (tertiary/aromatic N) is 2. The molecule has 1 aromatic rings. The van der Waals surface area contributed by atoms with E-state index in [1.54, 1.807) is 0 Å². The molecule has 8 N–H and O–H groups in total. The van der Waals surface area contributed by atoms with Crippen molar-refractivity contribution in [1.29, 1.82) is 0 Å². The summed E-state index contributed by atoms with van der Waals surface area (Å²) in [7, 11) is -10.7. The van der Waals surface area contributed by atoms with E-state index in [-0.39, 0.29) is 12.2 Å². The number of rotatable bonds is 8. The van der Waals surface area contributed by atoms with Crippen LogP contribution in [0.1, 0.15) is 19.6 Å². The van der Waals surface area contributed by atoms with Crippen molar-refractivity contribution < 1.29 is 62.2 Å². The lowest BCUT2D eigenvalue weighted by atomic mass is 10.0. The van der Waals surface area contributed by atoms with Crippen LogP contribution in [0.5, 0.6) is 0 Å². The molecule has 2 saturated heterocycles. The Hall–Kier alpha value is -1.30. The first-order valence-electron chi connectivity index (χ1n) is 9.77. The van der Waals surface area contributed by atoms with E-state index in [4.69, 9.17) is 15.2 Å². The van der Waals surface area contributed by atoms with Crippen molar-refractivity contribution in [1.82, 2.24) is 9.55 Å². The first kappa shape index (κ1) is 27.3. The molecule has 1 aromatic heterocycles. The molecule has 2 aliphatic heterocycles. The van der Waals surface area contributed by atoms with Crippen LogP contribution in [0, 0.1) is 0 Å². The number of hydrogen-bond donors (Lipinski definition) is 7. The quantitative estimate of drug-likeness (QED) is 0.171. The van der Waals surface area contributed by atoms with E-state index in [2.05, 4.69) is 18.3 Å². The largest absolute Gasteiger partial charge is 0.483 e. The van der Waals surface area contributed by atoms with Crippen molar-refractivity contribution in [3.8, 4) is 0 Å². The molecule has 0 spiro atoms. The summed E-state index contributed by atoms with van der Waals surface area (Å²) in [5.74, 6) is -0.0973. The van der Waals surface area contributed by atoms with Gasteiger partial charge in [0.15, 0.2) is 12.5 Å². The topological polar surface area (TPSA) is 263 Å². The average Bonchev–Trinajstić information content (AvgIpc) is 2.98. The van der Waals surface area contributed by atoms with Gasteiger partial charge in [-0.05, 0) is 13.0 Å². The maximum atomic E-state index is 12.1. The Morgan fingerprint density at radius 3 is 2.47 bits per heavy atom. The molecule has 0 aliphatic carbocycles. The van der Waals surface area contributed by atoms with E-state index >= 15 is 0 Å². The van der Waals surface area contributed by atoms with Crippen LogP contribution < -0.4 is 11.4 Å². The number of nitrogen functional groups attached to an aromatic ring is 1. The Morgan fingerprint density at radius 1 is 1.15 bits per heavy atom. The number of aliphatic hydroxyl groups excluding tert-OH is 4. The third-order valence-electron chi connectivity index (χ3n) is 5.00. The average molecular weight is 533 g/mol. The van der Waals surface area contributed by atoms with Crippen LogP contribution in [-0.2, 0) is 32.0 Å². The van der Waals surface area contributed by atoms with E-state index in [9.17, 15) is 44.1 Å². The molecule has 0 aromatic carbocycles. The zero-order valence-corrected chi connectivity index (χ0v) is 19.3. The molecular formula is C15H25N3O14P2. The minimum atomic E-state index is -5.35. The van der Waals surface area contributed by atoms with Crippen molar-refractivity contribution in [2.24, 2.45) is 0 Å². The van der Waals surface area contributed by atoms with Crippen LogP contribution in [0.4, 0.5) is 5.82 Å². The van der Waals surface area contributed by atoms with Crippen LogP contribution in [0.3, 0.4) is 0 Å².